The number of nitriles is 1. The lowest BCUT2D eigenvalue weighted by atomic mass is 10.1. The highest BCUT2D eigenvalue weighted by Gasteiger charge is 2.11. The third-order valence-corrected chi connectivity index (χ3v) is 3.36. The molecule has 5 heteroatoms. The topological polar surface area (TPSA) is 85.2 Å². The Kier molecular flexibility index (Phi) is 5.00. The summed E-state index contributed by atoms with van der Waals surface area (Å²) < 4.78 is 0. The number of carbonyl (C=O) groups excluding carboxylic acids is 1. The molecule has 0 atom stereocenters. The second kappa shape index (κ2) is 7.14. The van der Waals surface area contributed by atoms with Crippen LogP contribution in [0.4, 0.5) is 11.4 Å². The lowest BCUT2D eigenvalue weighted by Crippen LogP contribution is -2.14. The zero-order valence-corrected chi connectivity index (χ0v) is 12.9. The molecule has 116 valence electrons. The third-order valence-electron chi connectivity index (χ3n) is 3.36. The maximum atomic E-state index is 12.1. The Bertz CT molecular complexity index is 784. The summed E-state index contributed by atoms with van der Waals surface area (Å²) in [7, 11) is 0. The molecule has 0 aliphatic heterocycles. The second-order valence-electron chi connectivity index (χ2n) is 5.05. The molecule has 0 fully saturated rings. The number of aryl methyl sites for hydroxylation is 2. The molecule has 0 spiro atoms. The number of hydrogen-bond acceptors (Lipinski definition) is 4. The number of anilines is 2. The number of para-hydroxylation sites is 3. The molecule has 5 nitrogen and oxygen atoms in total. The Morgan fingerprint density at radius 2 is 1.78 bits per heavy atom. The fourth-order valence-electron chi connectivity index (χ4n) is 2.10. The minimum atomic E-state index is -0.590. The van der Waals surface area contributed by atoms with E-state index in [-0.39, 0.29) is 17.0 Å². The van der Waals surface area contributed by atoms with E-state index in [1.54, 1.807) is 18.2 Å². The Labute approximate surface area is 134 Å². The van der Waals surface area contributed by atoms with Crippen molar-refractivity contribution in [3.63, 3.8) is 0 Å². The van der Waals surface area contributed by atoms with E-state index in [2.05, 4.69) is 10.6 Å². The van der Waals surface area contributed by atoms with Crippen LogP contribution >= 0.6 is 0 Å². The number of nitrogens with one attached hydrogen (secondary N) is 2. The van der Waals surface area contributed by atoms with Gasteiger partial charge in [-0.2, -0.15) is 5.26 Å². The van der Waals surface area contributed by atoms with Crippen molar-refractivity contribution < 1.29 is 9.90 Å². The molecule has 0 aromatic heterocycles. The summed E-state index contributed by atoms with van der Waals surface area (Å²) in [6.45, 7) is 3.88. The van der Waals surface area contributed by atoms with Gasteiger partial charge in [-0.3, -0.25) is 4.79 Å². The van der Waals surface area contributed by atoms with Gasteiger partial charge >= 0.3 is 0 Å². The molecule has 1 amide bonds. The van der Waals surface area contributed by atoms with Gasteiger partial charge in [0, 0.05) is 11.9 Å². The number of phenolic OH excluding ortho intramolecular Hbond substituents is 1. The summed E-state index contributed by atoms with van der Waals surface area (Å²) in [6.07, 6.45) is 1.37. The summed E-state index contributed by atoms with van der Waals surface area (Å²) in [5, 5.41) is 24.4. The molecule has 2 aromatic rings. The molecule has 0 aliphatic carbocycles. The molecule has 23 heavy (non-hydrogen) atoms. The number of aromatic hydroxyl groups is 1. The molecule has 2 aromatic carbocycles. The summed E-state index contributed by atoms with van der Waals surface area (Å²) in [4.78, 5) is 12.1. The smallest absolute Gasteiger partial charge is 0.267 e. The first-order chi connectivity index (χ1) is 11.0. The standard InChI is InChI=1S/C18H17N3O2/c1-12-6-5-7-13(2)17(12)20-11-14(10-19)18(23)21-15-8-3-4-9-16(15)22/h3-9,11,20,22H,1-2H3,(H,21,23)/b14-11-. The average Bonchev–Trinajstić information content (AvgIpc) is 2.52. The monoisotopic (exact) mass is 307 g/mol. The Balaban J connectivity index is 2.18. The van der Waals surface area contributed by atoms with Crippen molar-refractivity contribution in [2.45, 2.75) is 13.8 Å². The Morgan fingerprint density at radius 1 is 1.13 bits per heavy atom. The quantitative estimate of drug-likeness (QED) is 0.459. The number of nitrogens with zero attached hydrogens (tertiary/aromatic N) is 1. The molecule has 3 N–H and O–H groups in total. The van der Waals surface area contributed by atoms with Crippen LogP contribution in [0.2, 0.25) is 0 Å². The first-order valence-electron chi connectivity index (χ1n) is 7.05. The van der Waals surface area contributed by atoms with Gasteiger partial charge in [0.2, 0.25) is 0 Å². The maximum Gasteiger partial charge on any atom is 0.267 e. The van der Waals surface area contributed by atoms with E-state index in [4.69, 9.17) is 0 Å². The SMILES string of the molecule is Cc1cccc(C)c1N/C=C(/C#N)C(=O)Nc1ccccc1O. The fourth-order valence-corrected chi connectivity index (χ4v) is 2.10. The van der Waals surface area contributed by atoms with Crippen LogP contribution in [0.1, 0.15) is 11.1 Å². The number of phenols is 1. The largest absolute Gasteiger partial charge is 0.506 e. The highest BCUT2D eigenvalue weighted by Crippen LogP contribution is 2.22. The third kappa shape index (κ3) is 3.89. The zero-order valence-electron chi connectivity index (χ0n) is 12.9. The fraction of sp³-hybridized carbons (Fsp3) is 0.111. The summed E-state index contributed by atoms with van der Waals surface area (Å²) in [6, 6.07) is 14.0. The summed E-state index contributed by atoms with van der Waals surface area (Å²) >= 11 is 0. The molecule has 0 heterocycles. The van der Waals surface area contributed by atoms with Crippen molar-refractivity contribution >= 4 is 17.3 Å². The molecule has 0 saturated carbocycles. The van der Waals surface area contributed by atoms with Crippen molar-refractivity contribution in [3.05, 3.63) is 65.4 Å². The number of hydrogen-bond donors (Lipinski definition) is 3. The van der Waals surface area contributed by atoms with Gasteiger partial charge in [0.15, 0.2) is 0 Å². The van der Waals surface area contributed by atoms with E-state index in [0.717, 1.165) is 16.8 Å². The molecule has 2 rings (SSSR count). The lowest BCUT2D eigenvalue weighted by molar-refractivity contribution is -0.112. The van der Waals surface area contributed by atoms with Gasteiger partial charge in [-0.1, -0.05) is 30.3 Å². The molecule has 0 unspecified atom stereocenters. The second-order valence-corrected chi connectivity index (χ2v) is 5.05. The molecule has 0 saturated heterocycles. The average molecular weight is 307 g/mol. The minimum absolute atomic E-state index is 0.0548. The van der Waals surface area contributed by atoms with E-state index >= 15 is 0 Å². The van der Waals surface area contributed by atoms with Crippen molar-refractivity contribution in [1.82, 2.24) is 0 Å². The summed E-state index contributed by atoms with van der Waals surface area (Å²) in [5.74, 6) is -0.645. The van der Waals surface area contributed by atoms with E-state index in [9.17, 15) is 15.2 Å². The van der Waals surface area contributed by atoms with Crippen LogP contribution in [0, 0.1) is 25.2 Å². The minimum Gasteiger partial charge on any atom is -0.506 e. The normalized spacial score (nSPS) is 10.7. The predicted octanol–water partition coefficient (Wildman–Crippen LogP) is 3.47. The van der Waals surface area contributed by atoms with E-state index < -0.39 is 5.91 Å². The van der Waals surface area contributed by atoms with Crippen LogP contribution in [0.25, 0.3) is 0 Å². The highest BCUT2D eigenvalue weighted by atomic mass is 16.3. The number of amides is 1. The Morgan fingerprint density at radius 3 is 2.39 bits per heavy atom. The zero-order chi connectivity index (χ0) is 16.8. The van der Waals surface area contributed by atoms with Gasteiger partial charge in [0.1, 0.15) is 17.4 Å². The van der Waals surface area contributed by atoms with Crippen LogP contribution in [0.3, 0.4) is 0 Å². The first kappa shape index (κ1) is 16.1. The lowest BCUT2D eigenvalue weighted by Gasteiger charge is -2.10. The van der Waals surface area contributed by atoms with Crippen LogP contribution < -0.4 is 10.6 Å². The number of rotatable bonds is 4. The molecule has 0 aliphatic rings. The number of carbonyl (C=O) groups is 1. The van der Waals surface area contributed by atoms with E-state index in [0.29, 0.717) is 0 Å². The van der Waals surface area contributed by atoms with Crippen LogP contribution in [0.5, 0.6) is 5.75 Å². The van der Waals surface area contributed by atoms with E-state index in [1.165, 1.54) is 12.3 Å². The molecule has 0 bridgehead atoms. The van der Waals surface area contributed by atoms with Crippen LogP contribution in [0.15, 0.2) is 54.2 Å². The van der Waals surface area contributed by atoms with Crippen molar-refractivity contribution in [2.75, 3.05) is 10.6 Å². The van der Waals surface area contributed by atoms with Gasteiger partial charge in [0.25, 0.3) is 5.91 Å². The molecular weight excluding hydrogens is 290 g/mol. The number of benzene rings is 2. The van der Waals surface area contributed by atoms with Crippen LogP contribution in [-0.4, -0.2) is 11.0 Å². The first-order valence-corrected chi connectivity index (χ1v) is 7.05. The molecule has 0 radical (unpaired) electrons. The van der Waals surface area contributed by atoms with Gasteiger partial charge in [0.05, 0.1) is 5.69 Å². The highest BCUT2D eigenvalue weighted by molar-refractivity contribution is 6.07. The van der Waals surface area contributed by atoms with Gasteiger partial charge < -0.3 is 15.7 Å². The molecular formula is C18H17N3O2. The van der Waals surface area contributed by atoms with E-state index in [1.807, 2.05) is 38.1 Å². The van der Waals surface area contributed by atoms with Crippen molar-refractivity contribution in [3.8, 4) is 11.8 Å². The summed E-state index contributed by atoms with van der Waals surface area (Å²) in [5.41, 5.74) is 3.05. The van der Waals surface area contributed by atoms with Gasteiger partial charge in [-0.15, -0.1) is 0 Å². The van der Waals surface area contributed by atoms with Gasteiger partial charge in [-0.05, 0) is 37.1 Å². The van der Waals surface area contributed by atoms with Crippen molar-refractivity contribution in [1.29, 1.82) is 5.26 Å². The van der Waals surface area contributed by atoms with Crippen LogP contribution in [-0.2, 0) is 4.79 Å². The van der Waals surface area contributed by atoms with Crippen molar-refractivity contribution in [2.24, 2.45) is 0 Å². The van der Waals surface area contributed by atoms with Gasteiger partial charge in [-0.25, -0.2) is 0 Å². The Hall–Kier alpha value is -3.26. The maximum absolute atomic E-state index is 12.1. The predicted molar refractivity (Wildman–Crippen MR) is 90.0 cm³/mol.